The lowest BCUT2D eigenvalue weighted by Crippen LogP contribution is -2.13. The summed E-state index contributed by atoms with van der Waals surface area (Å²) in [5.41, 5.74) is 4.78. The Morgan fingerprint density at radius 3 is 2.59 bits per heavy atom. The highest BCUT2D eigenvalue weighted by Crippen LogP contribution is 2.37. The topological polar surface area (TPSA) is 73.3 Å². The number of sulfone groups is 1. The van der Waals surface area contributed by atoms with E-state index < -0.39 is 9.84 Å². The van der Waals surface area contributed by atoms with Crippen LogP contribution in [0.5, 0.6) is 0 Å². The highest BCUT2D eigenvalue weighted by atomic mass is 32.2. The summed E-state index contributed by atoms with van der Waals surface area (Å²) in [6.45, 7) is 1.94. The van der Waals surface area contributed by atoms with Crippen molar-refractivity contribution in [3.8, 4) is 0 Å². The molecule has 1 aliphatic carbocycles. The number of hydrogen-bond donors (Lipinski definition) is 0. The van der Waals surface area contributed by atoms with E-state index in [2.05, 4.69) is 4.98 Å². The average molecular weight is 450 g/mol. The minimum atomic E-state index is -3.54. The van der Waals surface area contributed by atoms with Crippen LogP contribution >= 0.6 is 0 Å². The molecule has 0 N–H and O–H groups in total. The van der Waals surface area contributed by atoms with Crippen molar-refractivity contribution in [3.05, 3.63) is 88.7 Å². The fourth-order valence-corrected chi connectivity index (χ4v) is 5.79. The Morgan fingerprint density at radius 1 is 1.09 bits per heavy atom. The van der Waals surface area contributed by atoms with Gasteiger partial charge in [0.25, 0.3) is 0 Å². The maximum absolute atomic E-state index is 13.1. The Kier molecular flexibility index (Phi) is 6.42. The second-order valence-corrected chi connectivity index (χ2v) is 10.3. The van der Waals surface area contributed by atoms with Crippen LogP contribution in [-0.2, 0) is 27.4 Å². The standard InChI is InChI=1S/C26H27NO4S/c1-18-6-10-22(11-7-18)32(29,30)23-12-13-24-19(4-3-5-20(24)16-23)8-9-21-17-27-15-14-25(21)26(28)31-2/h6-7,10-17,19H,3-5,8-9H2,1-2H3/t19-/m1/s1. The third-order valence-corrected chi connectivity index (χ3v) is 8.03. The summed E-state index contributed by atoms with van der Waals surface area (Å²) in [7, 11) is -2.16. The van der Waals surface area contributed by atoms with Gasteiger partial charge in [0.05, 0.1) is 22.5 Å². The van der Waals surface area contributed by atoms with Gasteiger partial charge in [-0.3, -0.25) is 4.98 Å². The molecule has 4 rings (SSSR count). The molecule has 32 heavy (non-hydrogen) atoms. The van der Waals surface area contributed by atoms with Crippen LogP contribution in [0.25, 0.3) is 0 Å². The van der Waals surface area contributed by atoms with Gasteiger partial charge < -0.3 is 4.74 Å². The average Bonchev–Trinajstić information content (AvgIpc) is 2.82. The normalized spacial score (nSPS) is 15.8. The molecule has 0 amide bonds. The van der Waals surface area contributed by atoms with Crippen molar-refractivity contribution in [2.24, 2.45) is 0 Å². The van der Waals surface area contributed by atoms with E-state index in [1.165, 1.54) is 12.7 Å². The zero-order valence-electron chi connectivity index (χ0n) is 18.4. The smallest absolute Gasteiger partial charge is 0.338 e. The van der Waals surface area contributed by atoms with E-state index in [-0.39, 0.29) is 5.97 Å². The molecule has 1 atom stereocenters. The Labute approximate surface area is 189 Å². The fourth-order valence-electron chi connectivity index (χ4n) is 4.48. The SMILES string of the molecule is COC(=O)c1ccncc1CC[C@H]1CCCc2cc(S(=O)(=O)c3ccc(C)cc3)ccc21. The number of methoxy groups -OCH3 is 1. The minimum Gasteiger partial charge on any atom is -0.465 e. The third kappa shape index (κ3) is 4.46. The quantitative estimate of drug-likeness (QED) is 0.492. The van der Waals surface area contributed by atoms with E-state index in [1.54, 1.807) is 36.7 Å². The van der Waals surface area contributed by atoms with E-state index >= 15 is 0 Å². The molecular formula is C26H27NO4S. The lowest BCUT2D eigenvalue weighted by atomic mass is 9.80. The van der Waals surface area contributed by atoms with Crippen LogP contribution in [0.3, 0.4) is 0 Å². The largest absolute Gasteiger partial charge is 0.465 e. The monoisotopic (exact) mass is 449 g/mol. The molecular weight excluding hydrogens is 422 g/mol. The lowest BCUT2D eigenvalue weighted by Gasteiger charge is -2.26. The summed E-state index contributed by atoms with van der Waals surface area (Å²) in [4.78, 5) is 16.9. The molecule has 0 fully saturated rings. The number of aryl methyl sites for hydroxylation is 3. The third-order valence-electron chi connectivity index (χ3n) is 6.27. The summed E-state index contributed by atoms with van der Waals surface area (Å²) in [5, 5.41) is 0. The van der Waals surface area contributed by atoms with Crippen molar-refractivity contribution < 1.29 is 17.9 Å². The van der Waals surface area contributed by atoms with Crippen LogP contribution in [0.2, 0.25) is 0 Å². The Bertz CT molecular complexity index is 1230. The molecule has 0 aliphatic heterocycles. The van der Waals surface area contributed by atoms with Gasteiger partial charge in [-0.05, 0) is 92.0 Å². The van der Waals surface area contributed by atoms with E-state index in [9.17, 15) is 13.2 Å². The summed E-state index contributed by atoms with van der Waals surface area (Å²) >= 11 is 0. The molecule has 5 nitrogen and oxygen atoms in total. The first-order chi connectivity index (χ1) is 15.4. The molecule has 2 aromatic carbocycles. The van der Waals surface area contributed by atoms with Crippen LogP contribution in [0.15, 0.2) is 70.7 Å². The Morgan fingerprint density at radius 2 is 1.84 bits per heavy atom. The van der Waals surface area contributed by atoms with Gasteiger partial charge in [0.2, 0.25) is 9.84 Å². The number of benzene rings is 2. The molecule has 0 unspecified atom stereocenters. The van der Waals surface area contributed by atoms with Gasteiger partial charge in [-0.15, -0.1) is 0 Å². The molecule has 1 aromatic heterocycles. The van der Waals surface area contributed by atoms with Crippen LogP contribution in [0.1, 0.15) is 57.8 Å². The minimum absolute atomic E-state index is 0.320. The predicted octanol–water partition coefficient (Wildman–Crippen LogP) is 5.06. The number of carbonyl (C=O) groups is 1. The van der Waals surface area contributed by atoms with Gasteiger partial charge in [-0.1, -0.05) is 23.8 Å². The number of carbonyl (C=O) groups excluding carboxylic acids is 1. The molecule has 0 saturated carbocycles. The molecule has 1 heterocycles. The number of nitrogens with zero attached hydrogens (tertiary/aromatic N) is 1. The Balaban J connectivity index is 1.57. The summed E-state index contributed by atoms with van der Waals surface area (Å²) in [6, 6.07) is 14.2. The van der Waals surface area contributed by atoms with E-state index in [4.69, 9.17) is 4.74 Å². The summed E-state index contributed by atoms with van der Waals surface area (Å²) in [5.74, 6) is -0.0296. The first-order valence-corrected chi connectivity index (χ1v) is 12.3. The lowest BCUT2D eigenvalue weighted by molar-refractivity contribution is 0.0599. The van der Waals surface area contributed by atoms with Crippen molar-refractivity contribution in [2.45, 2.75) is 54.7 Å². The first kappa shape index (κ1) is 22.2. The van der Waals surface area contributed by atoms with Gasteiger partial charge in [-0.2, -0.15) is 0 Å². The number of ether oxygens (including phenoxy) is 1. The zero-order valence-corrected chi connectivity index (χ0v) is 19.2. The van der Waals surface area contributed by atoms with E-state index in [0.717, 1.165) is 42.4 Å². The number of fused-ring (bicyclic) bond motifs is 1. The molecule has 0 radical (unpaired) electrons. The second-order valence-electron chi connectivity index (χ2n) is 8.33. The van der Waals surface area contributed by atoms with Crippen LogP contribution in [0.4, 0.5) is 0 Å². The van der Waals surface area contributed by atoms with Gasteiger partial charge in [-0.25, -0.2) is 13.2 Å². The number of hydrogen-bond acceptors (Lipinski definition) is 5. The molecule has 1 aliphatic rings. The van der Waals surface area contributed by atoms with Gasteiger partial charge >= 0.3 is 5.97 Å². The molecule has 166 valence electrons. The number of pyridine rings is 1. The molecule has 0 spiro atoms. The fraction of sp³-hybridized carbons (Fsp3) is 0.308. The summed E-state index contributed by atoms with van der Waals surface area (Å²) in [6.07, 6.45) is 7.85. The summed E-state index contributed by atoms with van der Waals surface area (Å²) < 4.78 is 31.1. The van der Waals surface area contributed by atoms with E-state index in [1.807, 2.05) is 31.2 Å². The first-order valence-electron chi connectivity index (χ1n) is 10.9. The second kappa shape index (κ2) is 9.25. The van der Waals surface area contributed by atoms with Crippen molar-refractivity contribution in [3.63, 3.8) is 0 Å². The van der Waals surface area contributed by atoms with Crippen molar-refractivity contribution in [1.82, 2.24) is 4.98 Å². The molecule has 0 saturated heterocycles. The van der Waals surface area contributed by atoms with Gasteiger partial charge in [0.1, 0.15) is 0 Å². The number of rotatable bonds is 6. The van der Waals surface area contributed by atoms with Gasteiger partial charge in [0, 0.05) is 12.4 Å². The Hall–Kier alpha value is -2.99. The van der Waals surface area contributed by atoms with Crippen LogP contribution < -0.4 is 0 Å². The number of esters is 1. The molecule has 0 bridgehead atoms. The zero-order chi connectivity index (χ0) is 22.7. The maximum Gasteiger partial charge on any atom is 0.338 e. The van der Waals surface area contributed by atoms with Crippen LogP contribution in [-0.4, -0.2) is 26.5 Å². The van der Waals surface area contributed by atoms with Gasteiger partial charge in [0.15, 0.2) is 0 Å². The predicted molar refractivity (Wildman–Crippen MR) is 123 cm³/mol. The maximum atomic E-state index is 13.1. The molecule has 3 aromatic rings. The highest BCUT2D eigenvalue weighted by molar-refractivity contribution is 7.91. The van der Waals surface area contributed by atoms with Crippen molar-refractivity contribution in [2.75, 3.05) is 7.11 Å². The van der Waals surface area contributed by atoms with Crippen molar-refractivity contribution in [1.29, 1.82) is 0 Å². The van der Waals surface area contributed by atoms with Crippen LogP contribution in [0, 0.1) is 6.92 Å². The number of aromatic nitrogens is 1. The van der Waals surface area contributed by atoms with E-state index in [0.29, 0.717) is 27.7 Å². The highest BCUT2D eigenvalue weighted by Gasteiger charge is 2.24. The molecule has 6 heteroatoms. The van der Waals surface area contributed by atoms with Crippen molar-refractivity contribution >= 4 is 15.8 Å².